The molecule has 0 aliphatic heterocycles. The molecule has 0 atom stereocenters. The first-order valence-corrected chi connectivity index (χ1v) is 5.42. The summed E-state index contributed by atoms with van der Waals surface area (Å²) in [5.74, 6) is -1.39. The lowest BCUT2D eigenvalue weighted by atomic mass is 10.1. The van der Waals surface area contributed by atoms with Crippen molar-refractivity contribution in [3.05, 3.63) is 59.6 Å². The van der Waals surface area contributed by atoms with Crippen LogP contribution in [0.5, 0.6) is 0 Å². The number of hydrogen-bond acceptors (Lipinski definition) is 2. The number of nitrogens with one attached hydrogen (secondary N) is 1. The fourth-order valence-corrected chi connectivity index (χ4v) is 1.57. The largest absolute Gasteiger partial charge is 0.459 e. The molecule has 18 heavy (non-hydrogen) atoms. The van der Waals surface area contributed by atoms with Gasteiger partial charge in [0.05, 0.1) is 6.26 Å². The molecule has 2 aromatic rings. The molecule has 0 saturated heterocycles. The van der Waals surface area contributed by atoms with E-state index >= 15 is 0 Å². The summed E-state index contributed by atoms with van der Waals surface area (Å²) in [5, 5.41) is 2.59. The summed E-state index contributed by atoms with van der Waals surface area (Å²) in [7, 11) is 0. The van der Waals surface area contributed by atoms with Crippen LogP contribution >= 0.6 is 0 Å². The third kappa shape index (κ3) is 3.16. The molecule has 0 spiro atoms. The van der Waals surface area contributed by atoms with Crippen molar-refractivity contribution in [3.8, 4) is 0 Å². The van der Waals surface area contributed by atoms with Crippen LogP contribution in [0.15, 0.2) is 41.0 Å². The number of furan rings is 1. The third-order valence-corrected chi connectivity index (χ3v) is 2.37. The van der Waals surface area contributed by atoms with Gasteiger partial charge in [-0.3, -0.25) is 4.79 Å². The maximum Gasteiger partial charge on any atom is 0.286 e. The number of benzene rings is 1. The molecule has 0 bridgehead atoms. The van der Waals surface area contributed by atoms with Crippen LogP contribution < -0.4 is 5.32 Å². The van der Waals surface area contributed by atoms with Gasteiger partial charge in [0, 0.05) is 12.6 Å². The summed E-state index contributed by atoms with van der Waals surface area (Å²) in [6.07, 6.45) is 1.75. The zero-order valence-corrected chi connectivity index (χ0v) is 9.45. The van der Waals surface area contributed by atoms with Gasteiger partial charge in [0.15, 0.2) is 5.76 Å². The second-order valence-electron chi connectivity index (χ2n) is 3.76. The number of hydrogen-bond donors (Lipinski definition) is 1. The van der Waals surface area contributed by atoms with Crippen LogP contribution in [0.25, 0.3) is 0 Å². The zero-order valence-electron chi connectivity index (χ0n) is 9.45. The second-order valence-corrected chi connectivity index (χ2v) is 3.76. The minimum absolute atomic E-state index is 0.209. The van der Waals surface area contributed by atoms with Crippen molar-refractivity contribution < 1.29 is 18.0 Å². The maximum atomic E-state index is 12.9. The van der Waals surface area contributed by atoms with Gasteiger partial charge < -0.3 is 9.73 Å². The van der Waals surface area contributed by atoms with Gasteiger partial charge in [0.25, 0.3) is 5.91 Å². The van der Waals surface area contributed by atoms with Gasteiger partial charge in [-0.2, -0.15) is 0 Å². The molecule has 0 unspecified atom stereocenters. The summed E-state index contributed by atoms with van der Waals surface area (Å²) >= 11 is 0. The lowest BCUT2D eigenvalue weighted by Crippen LogP contribution is -2.25. The Labute approximate surface area is 102 Å². The van der Waals surface area contributed by atoms with Crippen molar-refractivity contribution >= 4 is 5.91 Å². The predicted molar refractivity (Wildman–Crippen MR) is 61.1 cm³/mol. The smallest absolute Gasteiger partial charge is 0.286 e. The van der Waals surface area contributed by atoms with Crippen LogP contribution in [-0.4, -0.2) is 12.5 Å². The average molecular weight is 251 g/mol. The van der Waals surface area contributed by atoms with Crippen LogP contribution in [0, 0.1) is 11.6 Å². The molecule has 0 fully saturated rings. The minimum atomic E-state index is -0.623. The Balaban J connectivity index is 1.87. The molecule has 1 amide bonds. The molecule has 0 aliphatic rings. The Bertz CT molecular complexity index is 518. The highest BCUT2D eigenvalue weighted by Crippen LogP contribution is 2.08. The summed E-state index contributed by atoms with van der Waals surface area (Å²) in [5.41, 5.74) is 0.493. The fraction of sp³-hybridized carbons (Fsp3) is 0.154. The van der Waals surface area contributed by atoms with E-state index in [9.17, 15) is 13.6 Å². The Kier molecular flexibility index (Phi) is 3.72. The molecule has 1 aromatic carbocycles. The van der Waals surface area contributed by atoms with Crippen LogP contribution in [0.1, 0.15) is 16.1 Å². The van der Waals surface area contributed by atoms with Gasteiger partial charge in [0.2, 0.25) is 0 Å². The summed E-state index contributed by atoms with van der Waals surface area (Å²) in [4.78, 5) is 11.5. The van der Waals surface area contributed by atoms with Crippen LogP contribution in [0.2, 0.25) is 0 Å². The van der Waals surface area contributed by atoms with Crippen LogP contribution in [0.4, 0.5) is 8.78 Å². The number of carbonyl (C=O) groups excluding carboxylic acids is 1. The molecule has 1 N–H and O–H groups in total. The van der Waals surface area contributed by atoms with Gasteiger partial charge in [0.1, 0.15) is 11.6 Å². The van der Waals surface area contributed by atoms with E-state index < -0.39 is 11.6 Å². The Morgan fingerprint density at radius 3 is 2.56 bits per heavy atom. The highest BCUT2D eigenvalue weighted by Gasteiger charge is 2.07. The van der Waals surface area contributed by atoms with E-state index in [0.717, 1.165) is 6.07 Å². The monoisotopic (exact) mass is 251 g/mol. The Hall–Kier alpha value is -2.17. The first kappa shape index (κ1) is 12.3. The van der Waals surface area contributed by atoms with Crippen molar-refractivity contribution in [1.82, 2.24) is 5.32 Å². The zero-order chi connectivity index (χ0) is 13.0. The highest BCUT2D eigenvalue weighted by atomic mass is 19.1. The van der Waals surface area contributed by atoms with Crippen molar-refractivity contribution in [1.29, 1.82) is 0 Å². The van der Waals surface area contributed by atoms with Crippen LogP contribution in [-0.2, 0) is 6.42 Å². The first-order chi connectivity index (χ1) is 8.65. The predicted octanol–water partition coefficient (Wildman–Crippen LogP) is 2.53. The summed E-state index contributed by atoms with van der Waals surface area (Å²) < 4.78 is 30.7. The molecule has 0 radical (unpaired) electrons. The van der Waals surface area contributed by atoms with Crippen molar-refractivity contribution in [2.45, 2.75) is 6.42 Å². The van der Waals surface area contributed by atoms with E-state index in [-0.39, 0.29) is 18.2 Å². The van der Waals surface area contributed by atoms with E-state index in [1.165, 1.54) is 24.5 Å². The molecular formula is C13H11F2NO2. The second kappa shape index (κ2) is 5.44. The van der Waals surface area contributed by atoms with E-state index in [4.69, 9.17) is 4.42 Å². The molecule has 5 heteroatoms. The van der Waals surface area contributed by atoms with Crippen molar-refractivity contribution in [2.24, 2.45) is 0 Å². The maximum absolute atomic E-state index is 12.9. The minimum Gasteiger partial charge on any atom is -0.459 e. The first-order valence-electron chi connectivity index (χ1n) is 5.42. The number of carbonyl (C=O) groups is 1. The fourth-order valence-electron chi connectivity index (χ4n) is 1.57. The van der Waals surface area contributed by atoms with Gasteiger partial charge in [-0.05, 0) is 36.2 Å². The standard InChI is InChI=1S/C13H11F2NO2/c14-10-6-9(7-11(15)8-10)3-4-16-13(17)12-2-1-5-18-12/h1-2,5-8H,3-4H2,(H,16,17). The van der Waals surface area contributed by atoms with Crippen LogP contribution in [0.3, 0.4) is 0 Å². The van der Waals surface area contributed by atoms with Crippen molar-refractivity contribution in [3.63, 3.8) is 0 Å². The molecule has 3 nitrogen and oxygen atoms in total. The Morgan fingerprint density at radius 2 is 1.94 bits per heavy atom. The van der Waals surface area contributed by atoms with Crippen molar-refractivity contribution in [2.75, 3.05) is 6.54 Å². The summed E-state index contributed by atoms with van der Waals surface area (Å²) in [6.45, 7) is 0.280. The highest BCUT2D eigenvalue weighted by molar-refractivity contribution is 5.91. The molecule has 1 aromatic heterocycles. The quantitative estimate of drug-likeness (QED) is 0.907. The molecule has 94 valence electrons. The number of amides is 1. The number of rotatable bonds is 4. The molecule has 0 saturated carbocycles. The number of halogens is 2. The van der Waals surface area contributed by atoms with Gasteiger partial charge in [-0.1, -0.05) is 0 Å². The van der Waals surface area contributed by atoms with Gasteiger partial charge >= 0.3 is 0 Å². The van der Waals surface area contributed by atoms with E-state index in [1.54, 1.807) is 6.07 Å². The van der Waals surface area contributed by atoms with Gasteiger partial charge in [-0.15, -0.1) is 0 Å². The SMILES string of the molecule is O=C(NCCc1cc(F)cc(F)c1)c1ccco1. The van der Waals surface area contributed by atoms with E-state index in [2.05, 4.69) is 5.32 Å². The molecule has 0 aliphatic carbocycles. The molecular weight excluding hydrogens is 240 g/mol. The van der Waals surface area contributed by atoms with E-state index in [1.807, 2.05) is 0 Å². The third-order valence-electron chi connectivity index (χ3n) is 2.37. The normalized spacial score (nSPS) is 10.3. The van der Waals surface area contributed by atoms with E-state index in [0.29, 0.717) is 12.0 Å². The Morgan fingerprint density at radius 1 is 1.22 bits per heavy atom. The summed E-state index contributed by atoms with van der Waals surface area (Å²) in [6, 6.07) is 6.43. The topological polar surface area (TPSA) is 42.2 Å². The lowest BCUT2D eigenvalue weighted by molar-refractivity contribution is 0.0926. The molecule has 2 rings (SSSR count). The molecule has 1 heterocycles. The average Bonchev–Trinajstić information content (AvgIpc) is 2.80. The lowest BCUT2D eigenvalue weighted by Gasteiger charge is -2.04. The van der Waals surface area contributed by atoms with Gasteiger partial charge in [-0.25, -0.2) is 8.78 Å².